The van der Waals surface area contributed by atoms with E-state index in [2.05, 4.69) is 46.7 Å². The molecule has 1 aliphatic heterocycles. The fourth-order valence-corrected chi connectivity index (χ4v) is 4.65. The molecule has 2 aliphatic rings. The highest BCUT2D eigenvalue weighted by Crippen LogP contribution is 2.44. The molecule has 0 unspecified atom stereocenters. The standard InChI is InChI=1S/C25H42N4O2.HI/c1-4-26-24(28-20-25(12-5-13-25)14-17-30-2)27-18-21-10-15-29(16-11-21)19-22-6-8-23(31-3)9-7-22;/h6-9,21H,4-5,10-20H2,1-3H3,(H2,26,27,28);1H. The molecule has 0 bridgehead atoms. The van der Waals surface area contributed by atoms with E-state index in [0.29, 0.717) is 11.3 Å². The molecule has 32 heavy (non-hydrogen) atoms. The van der Waals surface area contributed by atoms with Crippen molar-refractivity contribution >= 4 is 29.9 Å². The van der Waals surface area contributed by atoms with Crippen LogP contribution in [0.15, 0.2) is 29.3 Å². The predicted molar refractivity (Wildman–Crippen MR) is 143 cm³/mol. The summed E-state index contributed by atoms with van der Waals surface area (Å²) in [7, 11) is 3.51. The van der Waals surface area contributed by atoms with E-state index in [1.807, 2.05) is 0 Å². The lowest BCUT2D eigenvalue weighted by molar-refractivity contribution is 0.0778. The number of methoxy groups -OCH3 is 2. The van der Waals surface area contributed by atoms with Crippen LogP contribution in [0.2, 0.25) is 0 Å². The maximum absolute atomic E-state index is 5.32. The molecule has 0 aromatic heterocycles. The highest BCUT2D eigenvalue weighted by Gasteiger charge is 2.36. The van der Waals surface area contributed by atoms with Crippen LogP contribution in [0.5, 0.6) is 5.75 Å². The summed E-state index contributed by atoms with van der Waals surface area (Å²) in [5, 5.41) is 7.06. The number of rotatable bonds is 11. The lowest BCUT2D eigenvalue weighted by Gasteiger charge is -2.41. The third-order valence-electron chi connectivity index (χ3n) is 7.00. The molecule has 1 saturated heterocycles. The highest BCUT2D eigenvalue weighted by molar-refractivity contribution is 14.0. The fourth-order valence-electron chi connectivity index (χ4n) is 4.65. The fraction of sp³-hybridized carbons (Fsp3) is 0.720. The number of nitrogens with zero attached hydrogens (tertiary/aromatic N) is 2. The van der Waals surface area contributed by atoms with Gasteiger partial charge in [0.15, 0.2) is 5.96 Å². The van der Waals surface area contributed by atoms with Crippen LogP contribution in [-0.2, 0) is 11.3 Å². The average molecular weight is 559 g/mol. The number of hydrogen-bond acceptors (Lipinski definition) is 4. The normalized spacial score (nSPS) is 19.0. The van der Waals surface area contributed by atoms with E-state index in [9.17, 15) is 0 Å². The minimum absolute atomic E-state index is 0. The van der Waals surface area contributed by atoms with E-state index < -0.39 is 0 Å². The molecule has 3 rings (SSSR count). The zero-order chi connectivity index (χ0) is 21.9. The zero-order valence-electron chi connectivity index (χ0n) is 20.2. The number of nitrogens with one attached hydrogen (secondary N) is 2. The summed E-state index contributed by atoms with van der Waals surface area (Å²) in [6.45, 7) is 9.14. The first-order valence-corrected chi connectivity index (χ1v) is 12.0. The molecule has 1 aromatic carbocycles. The Hall–Kier alpha value is -1.06. The first kappa shape index (κ1) is 27.2. The Kier molecular flexibility index (Phi) is 12.1. The van der Waals surface area contributed by atoms with Gasteiger partial charge in [-0.05, 0) is 81.1 Å². The van der Waals surface area contributed by atoms with Gasteiger partial charge in [0, 0.05) is 39.9 Å². The van der Waals surface area contributed by atoms with Crippen molar-refractivity contribution in [3.05, 3.63) is 29.8 Å². The van der Waals surface area contributed by atoms with Crippen molar-refractivity contribution < 1.29 is 9.47 Å². The second kappa shape index (κ2) is 14.3. The molecule has 1 aliphatic carbocycles. The number of guanidine groups is 1. The highest BCUT2D eigenvalue weighted by atomic mass is 127. The smallest absolute Gasteiger partial charge is 0.191 e. The van der Waals surface area contributed by atoms with Gasteiger partial charge in [-0.15, -0.1) is 24.0 Å². The summed E-state index contributed by atoms with van der Waals surface area (Å²) < 4.78 is 10.6. The van der Waals surface area contributed by atoms with Crippen LogP contribution >= 0.6 is 24.0 Å². The summed E-state index contributed by atoms with van der Waals surface area (Å²) >= 11 is 0. The van der Waals surface area contributed by atoms with Gasteiger partial charge in [-0.3, -0.25) is 9.89 Å². The number of benzene rings is 1. The maximum Gasteiger partial charge on any atom is 0.191 e. The van der Waals surface area contributed by atoms with Crippen LogP contribution in [0.25, 0.3) is 0 Å². The third-order valence-corrected chi connectivity index (χ3v) is 7.00. The van der Waals surface area contributed by atoms with Gasteiger partial charge in [0.25, 0.3) is 0 Å². The van der Waals surface area contributed by atoms with Crippen LogP contribution in [-0.4, -0.2) is 64.4 Å². The van der Waals surface area contributed by atoms with Crippen LogP contribution < -0.4 is 15.4 Å². The Bertz CT molecular complexity index is 671. The van der Waals surface area contributed by atoms with Crippen molar-refractivity contribution in [1.29, 1.82) is 0 Å². The van der Waals surface area contributed by atoms with Crippen LogP contribution in [0.3, 0.4) is 0 Å². The van der Waals surface area contributed by atoms with E-state index in [1.54, 1.807) is 14.2 Å². The Labute approximate surface area is 211 Å². The van der Waals surface area contributed by atoms with Gasteiger partial charge in [-0.25, -0.2) is 0 Å². The minimum atomic E-state index is 0. The van der Waals surface area contributed by atoms with Crippen molar-refractivity contribution in [3.8, 4) is 5.75 Å². The molecule has 7 heteroatoms. The van der Waals surface area contributed by atoms with Crippen LogP contribution in [0, 0.1) is 11.3 Å². The first-order valence-electron chi connectivity index (χ1n) is 12.0. The molecule has 182 valence electrons. The average Bonchev–Trinajstić information content (AvgIpc) is 2.78. The third kappa shape index (κ3) is 8.37. The second-order valence-corrected chi connectivity index (χ2v) is 9.24. The summed E-state index contributed by atoms with van der Waals surface area (Å²) in [4.78, 5) is 7.51. The minimum Gasteiger partial charge on any atom is -0.497 e. The summed E-state index contributed by atoms with van der Waals surface area (Å²) in [6, 6.07) is 8.45. The molecule has 1 saturated carbocycles. The van der Waals surface area contributed by atoms with Gasteiger partial charge in [0.1, 0.15) is 5.75 Å². The monoisotopic (exact) mass is 558 g/mol. The van der Waals surface area contributed by atoms with E-state index in [4.69, 9.17) is 14.5 Å². The van der Waals surface area contributed by atoms with Crippen LogP contribution in [0.4, 0.5) is 0 Å². The second-order valence-electron chi connectivity index (χ2n) is 9.24. The first-order chi connectivity index (χ1) is 15.2. The summed E-state index contributed by atoms with van der Waals surface area (Å²) in [6.07, 6.45) is 7.50. The zero-order valence-corrected chi connectivity index (χ0v) is 22.5. The lowest BCUT2D eigenvalue weighted by atomic mass is 9.67. The Balaban J connectivity index is 0.00000363. The molecule has 2 N–H and O–H groups in total. The summed E-state index contributed by atoms with van der Waals surface area (Å²) in [5.74, 6) is 2.61. The van der Waals surface area contributed by atoms with E-state index >= 15 is 0 Å². The van der Waals surface area contributed by atoms with Gasteiger partial charge in [0.2, 0.25) is 0 Å². The molecule has 6 nitrogen and oxygen atoms in total. The number of likely N-dealkylation sites (tertiary alicyclic amines) is 1. The Morgan fingerprint density at radius 3 is 2.41 bits per heavy atom. The van der Waals surface area contributed by atoms with E-state index in [1.165, 1.54) is 37.7 Å². The lowest BCUT2D eigenvalue weighted by Crippen LogP contribution is -2.43. The van der Waals surface area contributed by atoms with Gasteiger partial charge in [0.05, 0.1) is 7.11 Å². The van der Waals surface area contributed by atoms with E-state index in [-0.39, 0.29) is 24.0 Å². The van der Waals surface area contributed by atoms with Gasteiger partial charge in [-0.2, -0.15) is 0 Å². The number of halogens is 1. The van der Waals surface area contributed by atoms with Crippen molar-refractivity contribution in [2.45, 2.75) is 52.0 Å². The van der Waals surface area contributed by atoms with Gasteiger partial charge < -0.3 is 20.1 Å². The molecule has 0 radical (unpaired) electrons. The summed E-state index contributed by atoms with van der Waals surface area (Å²) in [5.41, 5.74) is 1.72. The van der Waals surface area contributed by atoms with Crippen molar-refractivity contribution in [2.24, 2.45) is 16.3 Å². The Morgan fingerprint density at radius 1 is 1.12 bits per heavy atom. The van der Waals surface area contributed by atoms with Crippen molar-refractivity contribution in [3.63, 3.8) is 0 Å². The number of ether oxygens (including phenoxy) is 2. The topological polar surface area (TPSA) is 58.1 Å². The van der Waals surface area contributed by atoms with Crippen molar-refractivity contribution in [2.75, 3.05) is 53.6 Å². The molecule has 1 aromatic rings. The van der Waals surface area contributed by atoms with Gasteiger partial charge >= 0.3 is 0 Å². The molecular formula is C25H43IN4O2. The quantitative estimate of drug-likeness (QED) is 0.241. The molecule has 1 heterocycles. The molecule has 0 atom stereocenters. The number of aliphatic imine (C=N–C) groups is 1. The Morgan fingerprint density at radius 2 is 1.84 bits per heavy atom. The van der Waals surface area contributed by atoms with E-state index in [0.717, 1.165) is 64.0 Å². The number of piperidine rings is 1. The largest absolute Gasteiger partial charge is 0.497 e. The maximum atomic E-state index is 5.32. The van der Waals surface area contributed by atoms with Crippen LogP contribution in [0.1, 0.15) is 51.0 Å². The predicted octanol–water partition coefficient (Wildman–Crippen LogP) is 4.29. The molecule has 0 amide bonds. The molecular weight excluding hydrogens is 515 g/mol. The number of hydrogen-bond donors (Lipinski definition) is 2. The molecule has 0 spiro atoms. The molecule has 2 fully saturated rings. The van der Waals surface area contributed by atoms with Crippen molar-refractivity contribution in [1.82, 2.24) is 15.5 Å². The SMILES string of the molecule is CCNC(=NCC1(CCOC)CCC1)NCC1CCN(Cc2ccc(OC)cc2)CC1.I. The van der Waals surface area contributed by atoms with Gasteiger partial charge in [-0.1, -0.05) is 18.6 Å².